The summed E-state index contributed by atoms with van der Waals surface area (Å²) in [5.41, 5.74) is 7.71. The average molecular weight is 305 g/mol. The molecule has 3 atom stereocenters. The predicted octanol–water partition coefficient (Wildman–Crippen LogP) is -0.511. The van der Waals surface area contributed by atoms with Crippen LogP contribution in [0.5, 0.6) is 0 Å². The van der Waals surface area contributed by atoms with Crippen LogP contribution in [0.1, 0.15) is 12.5 Å². The topological polar surface area (TPSA) is 130 Å². The van der Waals surface area contributed by atoms with Gasteiger partial charge in [-0.05, 0) is 17.9 Å². The molecule has 3 rings (SSSR count). The SMILES string of the molecule is Nc1ncnc2c1ncn2[C@H]1C=C(CO)[C@@H](CO)[C@H]1CCO. The fourth-order valence-corrected chi connectivity index (χ4v) is 3.30. The molecule has 0 unspecified atom stereocenters. The van der Waals surface area contributed by atoms with E-state index in [0.717, 1.165) is 5.57 Å². The molecule has 118 valence electrons. The minimum absolute atomic E-state index is 0.00790. The number of nitrogens with zero attached hydrogens (tertiary/aromatic N) is 4. The number of imidazole rings is 1. The van der Waals surface area contributed by atoms with Crippen molar-refractivity contribution in [3.05, 3.63) is 24.3 Å². The fourth-order valence-electron chi connectivity index (χ4n) is 3.30. The van der Waals surface area contributed by atoms with Crippen LogP contribution in [-0.2, 0) is 0 Å². The maximum Gasteiger partial charge on any atom is 0.165 e. The molecule has 8 nitrogen and oxygen atoms in total. The van der Waals surface area contributed by atoms with E-state index in [1.54, 1.807) is 6.33 Å². The summed E-state index contributed by atoms with van der Waals surface area (Å²) in [6.45, 7) is -0.182. The summed E-state index contributed by atoms with van der Waals surface area (Å²) in [5.74, 6) is 0.0926. The van der Waals surface area contributed by atoms with Gasteiger partial charge in [0.1, 0.15) is 11.8 Å². The second kappa shape index (κ2) is 5.99. The van der Waals surface area contributed by atoms with Gasteiger partial charge in [-0.2, -0.15) is 0 Å². The van der Waals surface area contributed by atoms with Crippen LogP contribution in [0.25, 0.3) is 11.2 Å². The number of hydrogen-bond acceptors (Lipinski definition) is 7. The van der Waals surface area contributed by atoms with Crippen molar-refractivity contribution >= 4 is 17.0 Å². The number of allylic oxidation sites excluding steroid dienone is 1. The van der Waals surface area contributed by atoms with Gasteiger partial charge in [0.05, 0.1) is 25.6 Å². The molecular weight excluding hydrogens is 286 g/mol. The van der Waals surface area contributed by atoms with Crippen LogP contribution in [0.3, 0.4) is 0 Å². The molecule has 0 aliphatic heterocycles. The summed E-state index contributed by atoms with van der Waals surface area (Å²) in [5, 5.41) is 28.5. The smallest absolute Gasteiger partial charge is 0.165 e. The number of aliphatic hydroxyl groups excluding tert-OH is 3. The third-order valence-corrected chi connectivity index (χ3v) is 4.37. The first-order chi connectivity index (χ1) is 10.7. The minimum Gasteiger partial charge on any atom is -0.396 e. The lowest BCUT2D eigenvalue weighted by molar-refractivity contribution is 0.152. The van der Waals surface area contributed by atoms with E-state index in [0.29, 0.717) is 23.4 Å². The van der Waals surface area contributed by atoms with Crippen molar-refractivity contribution in [3.8, 4) is 0 Å². The lowest BCUT2D eigenvalue weighted by atomic mass is 9.87. The first-order valence-electron chi connectivity index (χ1n) is 7.17. The third kappa shape index (κ3) is 2.25. The van der Waals surface area contributed by atoms with E-state index in [-0.39, 0.29) is 37.7 Å². The molecule has 22 heavy (non-hydrogen) atoms. The van der Waals surface area contributed by atoms with E-state index < -0.39 is 0 Å². The average Bonchev–Trinajstić information content (AvgIpc) is 3.09. The number of aliphatic hydroxyl groups is 3. The summed E-state index contributed by atoms with van der Waals surface area (Å²) < 4.78 is 1.86. The zero-order valence-corrected chi connectivity index (χ0v) is 12.0. The highest BCUT2D eigenvalue weighted by Gasteiger charge is 2.37. The Kier molecular flexibility index (Phi) is 4.06. The monoisotopic (exact) mass is 305 g/mol. The normalized spacial score (nSPS) is 24.9. The van der Waals surface area contributed by atoms with E-state index in [1.165, 1.54) is 6.33 Å². The molecule has 0 saturated carbocycles. The Bertz CT molecular complexity index is 699. The Labute approximate surface area is 127 Å². The van der Waals surface area contributed by atoms with Crippen molar-refractivity contribution in [1.82, 2.24) is 19.5 Å². The quantitative estimate of drug-likeness (QED) is 0.547. The number of aromatic nitrogens is 4. The van der Waals surface area contributed by atoms with Crippen molar-refractivity contribution < 1.29 is 15.3 Å². The Morgan fingerprint density at radius 2 is 2.00 bits per heavy atom. The van der Waals surface area contributed by atoms with Gasteiger partial charge >= 0.3 is 0 Å². The lowest BCUT2D eigenvalue weighted by Crippen LogP contribution is -2.24. The molecule has 0 spiro atoms. The van der Waals surface area contributed by atoms with Crippen LogP contribution >= 0.6 is 0 Å². The molecule has 0 radical (unpaired) electrons. The summed E-state index contributed by atoms with van der Waals surface area (Å²) in [4.78, 5) is 12.4. The van der Waals surface area contributed by atoms with E-state index in [1.807, 2.05) is 10.6 Å². The summed E-state index contributed by atoms with van der Waals surface area (Å²) in [6, 6.07) is -0.147. The molecule has 0 saturated heterocycles. The van der Waals surface area contributed by atoms with Crippen molar-refractivity contribution in [2.24, 2.45) is 11.8 Å². The highest BCUT2D eigenvalue weighted by atomic mass is 16.3. The zero-order valence-electron chi connectivity index (χ0n) is 12.0. The molecular formula is C14H19N5O3. The van der Waals surface area contributed by atoms with Crippen LogP contribution in [0.15, 0.2) is 24.3 Å². The third-order valence-electron chi connectivity index (χ3n) is 4.37. The zero-order chi connectivity index (χ0) is 15.7. The van der Waals surface area contributed by atoms with Gasteiger partial charge in [0.15, 0.2) is 11.5 Å². The number of fused-ring (bicyclic) bond motifs is 1. The molecule has 8 heteroatoms. The van der Waals surface area contributed by atoms with Gasteiger partial charge in [0.25, 0.3) is 0 Å². The first kappa shape index (κ1) is 14.9. The van der Waals surface area contributed by atoms with E-state index in [9.17, 15) is 15.3 Å². The Hall–Kier alpha value is -2.03. The Morgan fingerprint density at radius 3 is 2.68 bits per heavy atom. The van der Waals surface area contributed by atoms with Crippen LogP contribution in [0.4, 0.5) is 5.82 Å². The predicted molar refractivity (Wildman–Crippen MR) is 79.7 cm³/mol. The second-order valence-electron chi connectivity index (χ2n) is 5.44. The van der Waals surface area contributed by atoms with Gasteiger partial charge in [-0.1, -0.05) is 6.08 Å². The molecule has 2 aromatic rings. The van der Waals surface area contributed by atoms with Crippen LogP contribution in [0.2, 0.25) is 0 Å². The molecule has 1 aliphatic rings. The number of anilines is 1. The van der Waals surface area contributed by atoms with E-state index in [4.69, 9.17) is 5.73 Å². The number of rotatable bonds is 5. The molecule has 0 amide bonds. The molecule has 5 N–H and O–H groups in total. The summed E-state index contributed by atoms with van der Waals surface area (Å²) in [6.07, 6.45) is 5.44. The fraction of sp³-hybridized carbons (Fsp3) is 0.500. The van der Waals surface area contributed by atoms with E-state index in [2.05, 4.69) is 15.0 Å². The number of nitrogens with two attached hydrogens (primary N) is 1. The maximum absolute atomic E-state index is 9.63. The van der Waals surface area contributed by atoms with Crippen molar-refractivity contribution in [2.45, 2.75) is 12.5 Å². The largest absolute Gasteiger partial charge is 0.396 e. The van der Waals surface area contributed by atoms with Crippen LogP contribution < -0.4 is 5.73 Å². The molecule has 2 aromatic heterocycles. The first-order valence-corrected chi connectivity index (χ1v) is 7.17. The number of nitrogen functional groups attached to an aromatic ring is 1. The molecule has 0 aromatic carbocycles. The van der Waals surface area contributed by atoms with Crippen molar-refractivity contribution in [3.63, 3.8) is 0 Å². The highest BCUT2D eigenvalue weighted by Crippen LogP contribution is 2.42. The maximum atomic E-state index is 9.63. The second-order valence-corrected chi connectivity index (χ2v) is 5.44. The molecule has 0 fully saturated rings. The van der Waals surface area contributed by atoms with E-state index >= 15 is 0 Å². The van der Waals surface area contributed by atoms with Crippen LogP contribution in [0, 0.1) is 11.8 Å². The lowest BCUT2D eigenvalue weighted by Gasteiger charge is -2.25. The van der Waals surface area contributed by atoms with Gasteiger partial charge in [0, 0.05) is 12.5 Å². The minimum atomic E-state index is -0.182. The van der Waals surface area contributed by atoms with Gasteiger partial charge < -0.3 is 25.6 Å². The van der Waals surface area contributed by atoms with Gasteiger partial charge in [-0.15, -0.1) is 0 Å². The van der Waals surface area contributed by atoms with Crippen molar-refractivity contribution in [2.75, 3.05) is 25.6 Å². The molecule has 1 aliphatic carbocycles. The summed E-state index contributed by atoms with van der Waals surface area (Å²) >= 11 is 0. The van der Waals surface area contributed by atoms with Gasteiger partial charge in [0.2, 0.25) is 0 Å². The number of hydrogen-bond donors (Lipinski definition) is 4. The standard InChI is InChI=1S/C14H19N5O3/c15-13-12-14(17-6-16-13)19(7-18-12)11-3-8(4-21)10(5-22)9(11)1-2-20/h3,6-7,9-11,20-22H,1-2,4-5H2,(H2,15,16,17)/t9-,10-,11+/m1/s1. The van der Waals surface area contributed by atoms with Crippen molar-refractivity contribution in [1.29, 1.82) is 0 Å². The highest BCUT2D eigenvalue weighted by molar-refractivity contribution is 5.81. The molecule has 2 heterocycles. The Morgan fingerprint density at radius 1 is 1.18 bits per heavy atom. The summed E-state index contributed by atoms with van der Waals surface area (Å²) in [7, 11) is 0. The van der Waals surface area contributed by atoms with Gasteiger partial charge in [-0.3, -0.25) is 0 Å². The van der Waals surface area contributed by atoms with Gasteiger partial charge in [-0.25, -0.2) is 15.0 Å². The van der Waals surface area contributed by atoms with Crippen LogP contribution in [-0.4, -0.2) is 54.7 Å². The Balaban J connectivity index is 2.07. The molecule has 0 bridgehead atoms.